The van der Waals surface area contributed by atoms with Crippen molar-refractivity contribution in [3.8, 4) is 0 Å². The second-order valence-electron chi connectivity index (χ2n) is 6.59. The summed E-state index contributed by atoms with van der Waals surface area (Å²) in [7, 11) is 0. The fraction of sp³-hybridized carbons (Fsp3) is 1.00. The molecule has 2 N–H and O–H groups in total. The predicted octanol–water partition coefficient (Wildman–Crippen LogP) is 1.28. The summed E-state index contributed by atoms with van der Waals surface area (Å²) in [5.41, 5.74) is 6.55. The lowest BCUT2D eigenvalue weighted by atomic mass is 9.86. The van der Waals surface area contributed by atoms with Gasteiger partial charge in [0.1, 0.15) is 0 Å². The fourth-order valence-corrected chi connectivity index (χ4v) is 4.82. The topological polar surface area (TPSA) is 32.5 Å². The minimum atomic E-state index is 0.306. The van der Waals surface area contributed by atoms with Crippen LogP contribution in [0, 0.1) is 5.92 Å². The van der Waals surface area contributed by atoms with E-state index in [1.54, 1.807) is 0 Å². The van der Waals surface area contributed by atoms with Crippen molar-refractivity contribution in [2.45, 2.75) is 57.2 Å². The fourth-order valence-electron chi connectivity index (χ4n) is 4.82. The second kappa shape index (κ2) is 4.22. The number of hydrogen-bond acceptors (Lipinski definition) is 3. The van der Waals surface area contributed by atoms with Crippen molar-refractivity contribution in [3.63, 3.8) is 0 Å². The molecule has 0 saturated carbocycles. The molecule has 3 aliphatic rings. The van der Waals surface area contributed by atoms with Crippen LogP contribution in [-0.2, 0) is 0 Å². The van der Waals surface area contributed by atoms with Gasteiger partial charge in [-0.25, -0.2) is 0 Å². The highest BCUT2D eigenvalue weighted by atomic mass is 15.4. The third-order valence-corrected chi connectivity index (χ3v) is 5.53. The minimum absolute atomic E-state index is 0.306. The van der Waals surface area contributed by atoms with Crippen LogP contribution in [0.5, 0.6) is 0 Å². The molecule has 3 saturated heterocycles. The van der Waals surface area contributed by atoms with Gasteiger partial charge in [-0.15, -0.1) is 0 Å². The number of nitrogens with zero attached hydrogens (tertiary/aromatic N) is 2. The standard InChI is InChI=1S/C14H27N3/c1-11-8-12(2)17(9-11)14(10-15)5-7-16-6-3-4-13(14)16/h11-13H,3-10,15H2,1-2H3. The summed E-state index contributed by atoms with van der Waals surface area (Å²) in [4.78, 5) is 5.47. The molecule has 3 heterocycles. The smallest absolute Gasteiger partial charge is 0.0501 e. The van der Waals surface area contributed by atoms with Gasteiger partial charge in [0.15, 0.2) is 0 Å². The zero-order valence-electron chi connectivity index (χ0n) is 11.4. The van der Waals surface area contributed by atoms with Crippen LogP contribution in [0.1, 0.15) is 39.5 Å². The Morgan fingerprint density at radius 2 is 2.12 bits per heavy atom. The first-order chi connectivity index (χ1) is 8.17. The van der Waals surface area contributed by atoms with Gasteiger partial charge in [0.25, 0.3) is 0 Å². The summed E-state index contributed by atoms with van der Waals surface area (Å²) in [6, 6.07) is 1.48. The molecule has 0 aromatic heterocycles. The van der Waals surface area contributed by atoms with E-state index >= 15 is 0 Å². The Labute approximate surface area is 105 Å². The van der Waals surface area contributed by atoms with Crippen molar-refractivity contribution in [3.05, 3.63) is 0 Å². The Hall–Kier alpha value is -0.120. The Morgan fingerprint density at radius 3 is 2.76 bits per heavy atom. The molecule has 0 aliphatic carbocycles. The molecule has 98 valence electrons. The average Bonchev–Trinajstić information content (AvgIpc) is 2.94. The van der Waals surface area contributed by atoms with Crippen LogP contribution in [0.2, 0.25) is 0 Å². The molecule has 0 aromatic rings. The van der Waals surface area contributed by atoms with Crippen molar-refractivity contribution in [1.29, 1.82) is 0 Å². The molecular formula is C14H27N3. The van der Waals surface area contributed by atoms with Crippen LogP contribution in [0.25, 0.3) is 0 Å². The van der Waals surface area contributed by atoms with E-state index in [2.05, 4.69) is 23.6 Å². The van der Waals surface area contributed by atoms with E-state index in [1.165, 1.54) is 45.3 Å². The third-order valence-electron chi connectivity index (χ3n) is 5.53. The molecule has 0 spiro atoms. The molecule has 3 heteroatoms. The van der Waals surface area contributed by atoms with Gasteiger partial charge in [0.2, 0.25) is 0 Å². The Bertz CT molecular complexity index is 293. The maximum atomic E-state index is 6.24. The summed E-state index contributed by atoms with van der Waals surface area (Å²) in [5.74, 6) is 0.851. The van der Waals surface area contributed by atoms with E-state index in [0.29, 0.717) is 5.54 Å². The molecule has 17 heavy (non-hydrogen) atoms. The lowest BCUT2D eigenvalue weighted by molar-refractivity contribution is 0.0574. The molecule has 3 aliphatic heterocycles. The van der Waals surface area contributed by atoms with E-state index < -0.39 is 0 Å². The Kier molecular flexibility index (Phi) is 2.96. The first-order valence-corrected chi connectivity index (χ1v) is 7.38. The van der Waals surface area contributed by atoms with E-state index in [1.807, 2.05) is 0 Å². The van der Waals surface area contributed by atoms with Gasteiger partial charge in [-0.3, -0.25) is 9.80 Å². The largest absolute Gasteiger partial charge is 0.329 e. The molecule has 3 nitrogen and oxygen atoms in total. The van der Waals surface area contributed by atoms with Crippen LogP contribution in [0.15, 0.2) is 0 Å². The van der Waals surface area contributed by atoms with Crippen LogP contribution in [-0.4, -0.2) is 53.6 Å². The molecule has 0 radical (unpaired) electrons. The number of nitrogens with two attached hydrogens (primary N) is 1. The van der Waals surface area contributed by atoms with Crippen LogP contribution >= 0.6 is 0 Å². The molecule has 0 bridgehead atoms. The first-order valence-electron chi connectivity index (χ1n) is 7.38. The highest BCUT2D eigenvalue weighted by Crippen LogP contribution is 2.43. The quantitative estimate of drug-likeness (QED) is 0.785. The lowest BCUT2D eigenvalue weighted by Crippen LogP contribution is -2.60. The molecule has 4 atom stereocenters. The highest BCUT2D eigenvalue weighted by Gasteiger charge is 2.54. The second-order valence-corrected chi connectivity index (χ2v) is 6.59. The highest BCUT2D eigenvalue weighted by molar-refractivity contribution is 5.12. The first kappa shape index (κ1) is 11.9. The van der Waals surface area contributed by atoms with Crippen molar-refractivity contribution < 1.29 is 0 Å². The molecular weight excluding hydrogens is 210 g/mol. The van der Waals surface area contributed by atoms with Crippen molar-refractivity contribution >= 4 is 0 Å². The maximum absolute atomic E-state index is 6.24. The zero-order valence-corrected chi connectivity index (χ0v) is 11.4. The van der Waals surface area contributed by atoms with Crippen LogP contribution in [0.4, 0.5) is 0 Å². The average molecular weight is 237 g/mol. The van der Waals surface area contributed by atoms with Gasteiger partial charge in [-0.05, 0) is 45.1 Å². The normalized spacial score (nSPS) is 47.8. The SMILES string of the molecule is CC1CC(C)N(C2(CN)CCN3CCCC32)C1. The van der Waals surface area contributed by atoms with E-state index in [0.717, 1.165) is 24.5 Å². The number of hydrogen-bond donors (Lipinski definition) is 1. The predicted molar refractivity (Wildman–Crippen MR) is 70.9 cm³/mol. The summed E-state index contributed by atoms with van der Waals surface area (Å²) < 4.78 is 0. The summed E-state index contributed by atoms with van der Waals surface area (Å²) in [6.07, 6.45) is 5.40. The van der Waals surface area contributed by atoms with Gasteiger partial charge in [-0.2, -0.15) is 0 Å². The summed E-state index contributed by atoms with van der Waals surface area (Å²) in [5, 5.41) is 0. The third kappa shape index (κ3) is 1.66. The molecule has 0 aromatic carbocycles. The van der Waals surface area contributed by atoms with Crippen LogP contribution < -0.4 is 5.73 Å². The van der Waals surface area contributed by atoms with Gasteiger partial charge in [-0.1, -0.05) is 6.92 Å². The van der Waals surface area contributed by atoms with Crippen molar-refractivity contribution in [2.75, 3.05) is 26.2 Å². The van der Waals surface area contributed by atoms with Gasteiger partial charge >= 0.3 is 0 Å². The molecule has 3 rings (SSSR count). The summed E-state index contributed by atoms with van der Waals surface area (Å²) >= 11 is 0. The Balaban J connectivity index is 1.87. The number of rotatable bonds is 2. The van der Waals surface area contributed by atoms with Crippen molar-refractivity contribution in [2.24, 2.45) is 11.7 Å². The van der Waals surface area contributed by atoms with Crippen LogP contribution in [0.3, 0.4) is 0 Å². The summed E-state index contributed by atoms with van der Waals surface area (Å²) in [6.45, 7) is 9.50. The maximum Gasteiger partial charge on any atom is 0.0501 e. The lowest BCUT2D eigenvalue weighted by Gasteiger charge is -2.45. The molecule has 3 fully saturated rings. The van der Waals surface area contributed by atoms with E-state index in [4.69, 9.17) is 5.73 Å². The van der Waals surface area contributed by atoms with E-state index in [-0.39, 0.29) is 0 Å². The van der Waals surface area contributed by atoms with Gasteiger partial charge in [0.05, 0.1) is 5.54 Å². The molecule has 0 amide bonds. The zero-order chi connectivity index (χ0) is 12.0. The van der Waals surface area contributed by atoms with Gasteiger partial charge in [0, 0.05) is 31.7 Å². The van der Waals surface area contributed by atoms with E-state index in [9.17, 15) is 0 Å². The number of fused-ring (bicyclic) bond motifs is 1. The molecule has 4 unspecified atom stereocenters. The monoisotopic (exact) mass is 237 g/mol. The van der Waals surface area contributed by atoms with Crippen molar-refractivity contribution in [1.82, 2.24) is 9.80 Å². The number of likely N-dealkylation sites (tertiary alicyclic amines) is 1. The minimum Gasteiger partial charge on any atom is -0.329 e. The van der Waals surface area contributed by atoms with Gasteiger partial charge < -0.3 is 5.73 Å². The Morgan fingerprint density at radius 1 is 1.29 bits per heavy atom.